The summed E-state index contributed by atoms with van der Waals surface area (Å²) in [5.74, 6) is 1.07. The van der Waals surface area contributed by atoms with Crippen molar-refractivity contribution < 1.29 is 19.1 Å². The fourth-order valence-corrected chi connectivity index (χ4v) is 2.12. The Morgan fingerprint density at radius 3 is 2.76 bits per heavy atom. The molecule has 2 aromatic heterocycles. The molecule has 0 amide bonds. The van der Waals surface area contributed by atoms with Gasteiger partial charge in [-0.15, -0.1) is 0 Å². The fraction of sp³-hybridized carbons (Fsp3) is 0.545. The second-order valence-corrected chi connectivity index (χ2v) is 6.52. The van der Waals surface area contributed by atoms with Crippen molar-refractivity contribution in [3.63, 3.8) is 0 Å². The number of rotatable bonds is 6. The van der Waals surface area contributed by atoms with E-state index in [1.165, 1.54) is 0 Å². The minimum atomic E-state index is -4.14. The van der Waals surface area contributed by atoms with E-state index in [1.807, 2.05) is 13.8 Å². The van der Waals surface area contributed by atoms with Gasteiger partial charge >= 0.3 is 7.60 Å². The molecule has 2 aromatic rings. The Kier molecular flexibility index (Phi) is 4.58. The monoisotopic (exact) mass is 315 g/mol. The first kappa shape index (κ1) is 15.8. The van der Waals surface area contributed by atoms with Crippen LogP contribution in [0.1, 0.15) is 25.6 Å². The number of ether oxygens (including phenoxy) is 1. The van der Waals surface area contributed by atoms with E-state index in [1.54, 1.807) is 10.9 Å². The molecule has 0 bridgehead atoms. The molecule has 0 radical (unpaired) electrons. The largest absolute Gasteiger partial charge is 0.382 e. The number of hydrogen-bond acceptors (Lipinski definition) is 6. The summed E-state index contributed by atoms with van der Waals surface area (Å²) in [5.41, 5.74) is 6.96. The van der Waals surface area contributed by atoms with Gasteiger partial charge in [0.2, 0.25) is 0 Å². The van der Waals surface area contributed by atoms with Gasteiger partial charge in [-0.25, -0.2) is 15.0 Å². The standard InChI is InChI=1S/C11H18N5O4P/c1-7(2)10-14-9(12)8-11(15-10)16(5-13-8)3-4-20-6-21(17,18)19/h5,7H,3-4,6H2,1-2H3,(H2,12,14,15)(H2,17,18,19). The van der Waals surface area contributed by atoms with E-state index in [9.17, 15) is 4.57 Å². The quantitative estimate of drug-likeness (QED) is 0.523. The number of hydrogen-bond donors (Lipinski definition) is 3. The van der Waals surface area contributed by atoms with E-state index < -0.39 is 13.9 Å². The van der Waals surface area contributed by atoms with Crippen LogP contribution < -0.4 is 5.73 Å². The number of nitrogens with two attached hydrogens (primary N) is 1. The Balaban J connectivity index is 2.15. The highest BCUT2D eigenvalue weighted by atomic mass is 31.2. The lowest BCUT2D eigenvalue weighted by Gasteiger charge is -2.08. The number of nitrogen functional groups attached to an aromatic ring is 1. The van der Waals surface area contributed by atoms with Crippen molar-refractivity contribution in [1.29, 1.82) is 0 Å². The average Bonchev–Trinajstić information content (AvgIpc) is 2.77. The molecule has 0 aliphatic heterocycles. The average molecular weight is 315 g/mol. The summed E-state index contributed by atoms with van der Waals surface area (Å²) >= 11 is 0. The molecule has 0 unspecified atom stereocenters. The number of fused-ring (bicyclic) bond motifs is 1. The number of nitrogens with zero attached hydrogens (tertiary/aromatic N) is 4. The fourth-order valence-electron chi connectivity index (χ4n) is 1.75. The Morgan fingerprint density at radius 1 is 1.43 bits per heavy atom. The van der Waals surface area contributed by atoms with Crippen LogP contribution in [0.25, 0.3) is 11.2 Å². The molecule has 0 atom stereocenters. The van der Waals surface area contributed by atoms with E-state index in [2.05, 4.69) is 15.0 Å². The zero-order chi connectivity index (χ0) is 15.6. The van der Waals surface area contributed by atoms with Crippen LogP contribution >= 0.6 is 7.60 Å². The van der Waals surface area contributed by atoms with Crippen LogP contribution in [0.5, 0.6) is 0 Å². The summed E-state index contributed by atoms with van der Waals surface area (Å²) in [7, 11) is -4.14. The third kappa shape index (κ3) is 3.98. The normalized spacial score (nSPS) is 12.4. The molecule has 2 rings (SSSR count). The van der Waals surface area contributed by atoms with Crippen molar-refractivity contribution in [2.24, 2.45) is 0 Å². The first-order chi connectivity index (χ1) is 9.78. The SMILES string of the molecule is CC(C)c1nc(N)c2ncn(CCOCP(=O)(O)O)c2n1. The van der Waals surface area contributed by atoms with Crippen LogP contribution in [-0.2, 0) is 15.8 Å². The second-order valence-electron chi connectivity index (χ2n) is 4.93. The van der Waals surface area contributed by atoms with Gasteiger partial charge in [0.25, 0.3) is 0 Å². The molecule has 0 spiro atoms. The van der Waals surface area contributed by atoms with Crippen LogP contribution in [0.4, 0.5) is 5.82 Å². The lowest BCUT2D eigenvalue weighted by Crippen LogP contribution is -2.09. The zero-order valence-corrected chi connectivity index (χ0v) is 12.7. The first-order valence-electron chi connectivity index (χ1n) is 6.38. The summed E-state index contributed by atoms with van der Waals surface area (Å²) in [6.07, 6.45) is 0.953. The van der Waals surface area contributed by atoms with E-state index in [-0.39, 0.29) is 12.5 Å². The molecule has 0 saturated carbocycles. The highest BCUT2D eigenvalue weighted by Crippen LogP contribution is 2.33. The summed E-state index contributed by atoms with van der Waals surface area (Å²) in [5, 5.41) is 0. The maximum absolute atomic E-state index is 10.7. The van der Waals surface area contributed by atoms with Crippen LogP contribution in [0, 0.1) is 0 Å². The molecule has 116 valence electrons. The van der Waals surface area contributed by atoms with E-state index >= 15 is 0 Å². The minimum absolute atomic E-state index is 0.131. The molecule has 9 nitrogen and oxygen atoms in total. The lowest BCUT2D eigenvalue weighted by atomic mass is 10.2. The minimum Gasteiger partial charge on any atom is -0.382 e. The Hall–Kier alpha value is -1.54. The van der Waals surface area contributed by atoms with Crippen LogP contribution in [-0.4, -0.2) is 42.3 Å². The molecule has 2 heterocycles. The van der Waals surface area contributed by atoms with Gasteiger partial charge in [-0.2, -0.15) is 0 Å². The van der Waals surface area contributed by atoms with Crippen molar-refractivity contribution in [1.82, 2.24) is 19.5 Å². The van der Waals surface area contributed by atoms with Gasteiger partial charge in [0, 0.05) is 12.5 Å². The van der Waals surface area contributed by atoms with Gasteiger partial charge in [0.05, 0.1) is 12.9 Å². The number of aromatic nitrogens is 4. The second kappa shape index (κ2) is 6.07. The Morgan fingerprint density at radius 2 is 2.14 bits per heavy atom. The topological polar surface area (TPSA) is 136 Å². The van der Waals surface area contributed by atoms with Crippen molar-refractivity contribution in [2.45, 2.75) is 26.3 Å². The smallest absolute Gasteiger partial charge is 0.350 e. The molecule has 0 aromatic carbocycles. The third-order valence-corrected chi connectivity index (χ3v) is 3.28. The Labute approximate surface area is 121 Å². The summed E-state index contributed by atoms with van der Waals surface area (Å²) in [6.45, 7) is 4.43. The first-order valence-corrected chi connectivity index (χ1v) is 8.18. The van der Waals surface area contributed by atoms with Gasteiger partial charge in [0.1, 0.15) is 17.7 Å². The number of imidazole rings is 1. The summed E-state index contributed by atoms with van der Waals surface area (Å²) < 4.78 is 17.3. The van der Waals surface area contributed by atoms with Crippen molar-refractivity contribution in [3.8, 4) is 0 Å². The lowest BCUT2D eigenvalue weighted by molar-refractivity contribution is 0.149. The maximum Gasteiger partial charge on any atom is 0.350 e. The maximum atomic E-state index is 10.7. The molecule has 4 N–H and O–H groups in total. The van der Waals surface area contributed by atoms with E-state index in [4.69, 9.17) is 20.3 Å². The molecule has 0 aliphatic rings. The molecule has 0 saturated heterocycles. The van der Waals surface area contributed by atoms with Crippen LogP contribution in [0.3, 0.4) is 0 Å². The van der Waals surface area contributed by atoms with Gasteiger partial charge < -0.3 is 24.8 Å². The van der Waals surface area contributed by atoms with Crippen molar-refractivity contribution in [3.05, 3.63) is 12.2 Å². The molecule has 21 heavy (non-hydrogen) atoms. The predicted molar refractivity (Wildman–Crippen MR) is 76.7 cm³/mol. The molecular formula is C11H18N5O4P. The van der Waals surface area contributed by atoms with Crippen molar-refractivity contribution in [2.75, 3.05) is 18.7 Å². The predicted octanol–water partition coefficient (Wildman–Crippen LogP) is 0.684. The zero-order valence-electron chi connectivity index (χ0n) is 11.8. The molecular weight excluding hydrogens is 297 g/mol. The van der Waals surface area contributed by atoms with E-state index in [0.717, 1.165) is 0 Å². The molecule has 10 heteroatoms. The molecule has 0 fully saturated rings. The van der Waals surface area contributed by atoms with E-state index in [0.29, 0.717) is 29.4 Å². The number of anilines is 1. The molecule has 0 aliphatic carbocycles. The highest BCUT2D eigenvalue weighted by molar-refractivity contribution is 7.51. The van der Waals surface area contributed by atoms with Gasteiger partial charge in [-0.05, 0) is 0 Å². The van der Waals surface area contributed by atoms with Crippen LogP contribution in [0.15, 0.2) is 6.33 Å². The summed E-state index contributed by atoms with van der Waals surface area (Å²) in [6, 6.07) is 0. The van der Waals surface area contributed by atoms with Gasteiger partial charge in [-0.1, -0.05) is 13.8 Å². The van der Waals surface area contributed by atoms with Crippen LogP contribution in [0.2, 0.25) is 0 Å². The van der Waals surface area contributed by atoms with Gasteiger partial charge in [0.15, 0.2) is 11.5 Å². The Bertz CT molecular complexity index is 681. The summed E-state index contributed by atoms with van der Waals surface area (Å²) in [4.78, 5) is 30.2. The third-order valence-electron chi connectivity index (χ3n) is 2.76. The van der Waals surface area contributed by atoms with Crippen molar-refractivity contribution >= 4 is 24.6 Å². The highest BCUT2D eigenvalue weighted by Gasteiger charge is 2.14. The van der Waals surface area contributed by atoms with Gasteiger partial charge in [-0.3, -0.25) is 4.57 Å².